The van der Waals surface area contributed by atoms with Crippen molar-refractivity contribution < 1.29 is 5.11 Å². The molecule has 0 saturated carbocycles. The number of nitrogens with zero attached hydrogens (tertiary/aromatic N) is 2. The number of anilines is 2. The fourth-order valence-electron chi connectivity index (χ4n) is 2.28. The average Bonchev–Trinajstić information content (AvgIpc) is 2.36. The summed E-state index contributed by atoms with van der Waals surface area (Å²) in [6.07, 6.45) is -0.00883. The molecule has 0 aliphatic heterocycles. The van der Waals surface area contributed by atoms with Crippen molar-refractivity contribution in [3.8, 4) is 0 Å². The number of aliphatic hydroxyl groups is 1. The van der Waals surface area contributed by atoms with Gasteiger partial charge in [-0.2, -0.15) is 0 Å². The summed E-state index contributed by atoms with van der Waals surface area (Å²) < 4.78 is 2.46. The first-order valence-electron chi connectivity index (χ1n) is 7.19. The maximum Gasteiger partial charge on any atom is 0.332 e. The quantitative estimate of drug-likeness (QED) is 0.703. The lowest BCUT2D eigenvalue weighted by atomic mass is 10.1. The predicted molar refractivity (Wildman–Crippen MR) is 84.6 cm³/mol. The van der Waals surface area contributed by atoms with Gasteiger partial charge in [0.15, 0.2) is 0 Å². The summed E-state index contributed by atoms with van der Waals surface area (Å²) in [5.41, 5.74) is 5.35. The van der Waals surface area contributed by atoms with E-state index in [1.54, 1.807) is 6.92 Å². The Kier molecular flexibility index (Phi) is 5.60. The second-order valence-corrected chi connectivity index (χ2v) is 6.04. The zero-order valence-corrected chi connectivity index (χ0v) is 13.4. The topological polar surface area (TPSA) is 102 Å². The summed E-state index contributed by atoms with van der Waals surface area (Å²) in [6, 6.07) is -0.134. The van der Waals surface area contributed by atoms with Crippen LogP contribution in [-0.4, -0.2) is 26.4 Å². The van der Waals surface area contributed by atoms with Crippen LogP contribution in [0.15, 0.2) is 9.59 Å². The van der Waals surface area contributed by atoms with Crippen LogP contribution in [0.25, 0.3) is 0 Å². The zero-order valence-electron chi connectivity index (χ0n) is 13.4. The number of rotatable bonds is 6. The Morgan fingerprint density at radius 3 is 2.29 bits per heavy atom. The van der Waals surface area contributed by atoms with Gasteiger partial charge in [-0.15, -0.1) is 0 Å². The van der Waals surface area contributed by atoms with Gasteiger partial charge in [-0.25, -0.2) is 4.79 Å². The lowest BCUT2D eigenvalue weighted by molar-refractivity contribution is 0.179. The Hall–Kier alpha value is -1.76. The predicted octanol–water partition coefficient (Wildman–Crippen LogP) is 0.357. The molecular weight excluding hydrogens is 272 g/mol. The average molecular weight is 298 g/mol. The van der Waals surface area contributed by atoms with Crippen LogP contribution in [0.3, 0.4) is 0 Å². The van der Waals surface area contributed by atoms with Gasteiger partial charge in [0.2, 0.25) is 0 Å². The molecule has 0 fully saturated rings. The van der Waals surface area contributed by atoms with E-state index in [0.717, 1.165) is 4.57 Å². The van der Waals surface area contributed by atoms with E-state index < -0.39 is 17.4 Å². The molecule has 1 aromatic heterocycles. The lowest BCUT2D eigenvalue weighted by Crippen LogP contribution is -2.42. The van der Waals surface area contributed by atoms with E-state index in [0.29, 0.717) is 13.0 Å². The summed E-state index contributed by atoms with van der Waals surface area (Å²) in [5.74, 6) is 0.375. The third-order valence-corrected chi connectivity index (χ3v) is 3.22. The summed E-state index contributed by atoms with van der Waals surface area (Å²) >= 11 is 0. The van der Waals surface area contributed by atoms with E-state index in [1.165, 1.54) is 11.6 Å². The van der Waals surface area contributed by atoms with Gasteiger partial charge in [-0.3, -0.25) is 13.9 Å². The summed E-state index contributed by atoms with van der Waals surface area (Å²) in [7, 11) is 1.44. The Balaban J connectivity index is 3.29. The summed E-state index contributed by atoms with van der Waals surface area (Å²) in [5, 5.41) is 12.4. The van der Waals surface area contributed by atoms with E-state index in [2.05, 4.69) is 5.32 Å². The van der Waals surface area contributed by atoms with Crippen molar-refractivity contribution in [3.63, 3.8) is 0 Å². The first kappa shape index (κ1) is 17.3. The highest BCUT2D eigenvalue weighted by Gasteiger charge is 2.18. The SMILES string of the molecule is CC(C)Cn1c(N)c(NC(C)CC(C)O)c(=O)n(C)c1=O. The molecule has 21 heavy (non-hydrogen) atoms. The molecule has 0 aliphatic carbocycles. The molecular formula is C14H26N4O3. The number of nitrogens with two attached hydrogens (primary N) is 1. The molecule has 0 saturated heterocycles. The molecule has 0 spiro atoms. The van der Waals surface area contributed by atoms with Gasteiger partial charge in [0.1, 0.15) is 11.5 Å². The molecule has 2 atom stereocenters. The van der Waals surface area contributed by atoms with Crippen molar-refractivity contribution in [2.75, 3.05) is 11.1 Å². The van der Waals surface area contributed by atoms with Crippen LogP contribution in [0.2, 0.25) is 0 Å². The number of hydrogen-bond acceptors (Lipinski definition) is 5. The normalized spacial score (nSPS) is 14.2. The third-order valence-electron chi connectivity index (χ3n) is 3.22. The highest BCUT2D eigenvalue weighted by Crippen LogP contribution is 2.15. The Labute approximate surface area is 124 Å². The molecule has 120 valence electrons. The number of nitrogen functional groups attached to an aromatic ring is 1. The maximum atomic E-state index is 12.2. The van der Waals surface area contributed by atoms with Crippen molar-refractivity contribution in [2.45, 2.75) is 52.8 Å². The molecule has 1 aromatic rings. The van der Waals surface area contributed by atoms with Gasteiger partial charge in [0.25, 0.3) is 5.56 Å². The lowest BCUT2D eigenvalue weighted by Gasteiger charge is -2.21. The molecule has 0 aliphatic rings. The van der Waals surface area contributed by atoms with Crippen molar-refractivity contribution in [2.24, 2.45) is 13.0 Å². The van der Waals surface area contributed by atoms with E-state index in [9.17, 15) is 14.7 Å². The van der Waals surface area contributed by atoms with E-state index >= 15 is 0 Å². The van der Waals surface area contributed by atoms with Crippen LogP contribution < -0.4 is 22.3 Å². The second-order valence-electron chi connectivity index (χ2n) is 6.04. The molecule has 4 N–H and O–H groups in total. The first-order chi connectivity index (χ1) is 9.65. The zero-order chi connectivity index (χ0) is 16.3. The van der Waals surface area contributed by atoms with Crippen LogP contribution in [0.4, 0.5) is 11.5 Å². The van der Waals surface area contributed by atoms with Crippen LogP contribution >= 0.6 is 0 Å². The largest absolute Gasteiger partial charge is 0.393 e. The molecule has 7 nitrogen and oxygen atoms in total. The highest BCUT2D eigenvalue weighted by atomic mass is 16.3. The van der Waals surface area contributed by atoms with Gasteiger partial charge in [0, 0.05) is 19.6 Å². The summed E-state index contributed by atoms with van der Waals surface area (Å²) in [4.78, 5) is 24.4. The van der Waals surface area contributed by atoms with E-state index in [4.69, 9.17) is 5.73 Å². The van der Waals surface area contributed by atoms with E-state index in [1.807, 2.05) is 20.8 Å². The van der Waals surface area contributed by atoms with Crippen LogP contribution in [0.5, 0.6) is 0 Å². The molecule has 0 radical (unpaired) electrons. The minimum atomic E-state index is -0.487. The Morgan fingerprint density at radius 2 is 1.81 bits per heavy atom. The van der Waals surface area contributed by atoms with Gasteiger partial charge in [-0.1, -0.05) is 13.8 Å². The molecule has 0 bridgehead atoms. The standard InChI is InChI=1S/C14H26N4O3/c1-8(2)7-18-12(15)11(13(20)17(5)14(18)21)16-9(3)6-10(4)19/h8-10,16,19H,6-7,15H2,1-5H3. The number of aliphatic hydroxyl groups excluding tert-OH is 1. The monoisotopic (exact) mass is 298 g/mol. The van der Waals surface area contributed by atoms with Crippen molar-refractivity contribution in [3.05, 3.63) is 20.8 Å². The van der Waals surface area contributed by atoms with Crippen LogP contribution in [-0.2, 0) is 13.6 Å². The second kappa shape index (κ2) is 6.80. The molecule has 1 rings (SSSR count). The summed E-state index contributed by atoms with van der Waals surface area (Å²) in [6.45, 7) is 7.92. The van der Waals surface area contributed by atoms with Gasteiger partial charge < -0.3 is 16.2 Å². The Morgan fingerprint density at radius 1 is 1.24 bits per heavy atom. The fraction of sp³-hybridized carbons (Fsp3) is 0.714. The molecule has 7 heteroatoms. The smallest absolute Gasteiger partial charge is 0.332 e. The van der Waals surface area contributed by atoms with Crippen molar-refractivity contribution >= 4 is 11.5 Å². The van der Waals surface area contributed by atoms with E-state index in [-0.39, 0.29) is 23.5 Å². The van der Waals surface area contributed by atoms with Gasteiger partial charge >= 0.3 is 5.69 Å². The molecule has 0 amide bonds. The van der Waals surface area contributed by atoms with Crippen molar-refractivity contribution in [1.29, 1.82) is 0 Å². The minimum absolute atomic E-state index is 0.134. The Bertz CT molecular complexity index is 601. The number of hydrogen-bond donors (Lipinski definition) is 3. The number of aromatic nitrogens is 2. The van der Waals surface area contributed by atoms with Crippen LogP contribution in [0, 0.1) is 5.92 Å². The first-order valence-corrected chi connectivity index (χ1v) is 7.19. The highest BCUT2D eigenvalue weighted by molar-refractivity contribution is 5.61. The molecule has 1 heterocycles. The van der Waals surface area contributed by atoms with Gasteiger partial charge in [0.05, 0.1) is 6.10 Å². The van der Waals surface area contributed by atoms with Crippen molar-refractivity contribution in [1.82, 2.24) is 9.13 Å². The van der Waals surface area contributed by atoms with Crippen LogP contribution in [0.1, 0.15) is 34.1 Å². The molecule has 0 aromatic carbocycles. The molecule has 2 unspecified atom stereocenters. The minimum Gasteiger partial charge on any atom is -0.393 e. The van der Waals surface area contributed by atoms with Gasteiger partial charge in [-0.05, 0) is 26.2 Å². The third kappa shape index (κ3) is 4.10. The number of nitrogens with one attached hydrogen (secondary N) is 1. The maximum absolute atomic E-state index is 12.2. The fourth-order valence-corrected chi connectivity index (χ4v) is 2.28.